The number of ketones is 1. The molecule has 0 heterocycles. The number of hydrogen-bond donors (Lipinski definition) is 0. The van der Waals surface area contributed by atoms with Gasteiger partial charge in [0.2, 0.25) is 0 Å². The molecule has 0 aliphatic rings. The van der Waals surface area contributed by atoms with Crippen LogP contribution >= 0.6 is 0 Å². The van der Waals surface area contributed by atoms with Crippen LogP contribution < -0.4 is 0 Å². The van der Waals surface area contributed by atoms with E-state index in [1.54, 1.807) is 19.1 Å². The first-order valence-corrected chi connectivity index (χ1v) is 3.38. The fraction of sp³-hybridized carbons (Fsp3) is 0.500. The summed E-state index contributed by atoms with van der Waals surface area (Å²) in [7, 11) is 0. The Morgan fingerprint density at radius 1 is 1.36 bits per heavy atom. The van der Waals surface area contributed by atoms with Crippen molar-refractivity contribution in [3.63, 3.8) is 0 Å². The van der Waals surface area contributed by atoms with Crippen LogP contribution in [0.5, 0.6) is 0 Å². The van der Waals surface area contributed by atoms with E-state index < -0.39 is 12.1 Å². The Bertz CT molecular complexity index is 182. The normalized spacial score (nSPS) is 13.0. The number of hydrogen-bond acceptors (Lipinski definition) is 3. The van der Waals surface area contributed by atoms with Gasteiger partial charge in [0.25, 0.3) is 0 Å². The van der Waals surface area contributed by atoms with Crippen molar-refractivity contribution in [1.82, 2.24) is 0 Å². The standard InChI is InChI=1S/C8H12O3/c1-4-5-8(6(2)9)11-7(3)10/h4-5,8H,1-3H3. The topological polar surface area (TPSA) is 43.4 Å². The molecule has 0 aliphatic heterocycles. The van der Waals surface area contributed by atoms with E-state index in [1.165, 1.54) is 13.8 Å². The lowest BCUT2D eigenvalue weighted by atomic mass is 10.2. The Morgan fingerprint density at radius 3 is 2.18 bits per heavy atom. The van der Waals surface area contributed by atoms with Crippen LogP contribution in [0.3, 0.4) is 0 Å². The van der Waals surface area contributed by atoms with Crippen molar-refractivity contribution >= 4 is 11.8 Å². The first-order chi connectivity index (χ1) is 5.07. The van der Waals surface area contributed by atoms with Gasteiger partial charge in [0.1, 0.15) is 0 Å². The lowest BCUT2D eigenvalue weighted by Gasteiger charge is -2.07. The minimum atomic E-state index is -0.711. The van der Waals surface area contributed by atoms with E-state index in [1.807, 2.05) is 0 Å². The minimum absolute atomic E-state index is 0.168. The van der Waals surface area contributed by atoms with Gasteiger partial charge < -0.3 is 4.74 Å². The zero-order valence-corrected chi connectivity index (χ0v) is 6.96. The van der Waals surface area contributed by atoms with Crippen molar-refractivity contribution in [2.75, 3.05) is 0 Å². The summed E-state index contributed by atoms with van der Waals surface area (Å²) in [5.74, 6) is -0.610. The van der Waals surface area contributed by atoms with E-state index in [4.69, 9.17) is 0 Å². The Balaban J connectivity index is 4.11. The van der Waals surface area contributed by atoms with E-state index in [9.17, 15) is 9.59 Å². The summed E-state index contributed by atoms with van der Waals surface area (Å²) < 4.78 is 4.68. The molecule has 0 spiro atoms. The Morgan fingerprint density at radius 2 is 1.91 bits per heavy atom. The van der Waals surface area contributed by atoms with E-state index in [0.717, 1.165) is 0 Å². The van der Waals surface area contributed by atoms with E-state index in [2.05, 4.69) is 4.74 Å². The third-order valence-electron chi connectivity index (χ3n) is 1.06. The van der Waals surface area contributed by atoms with Gasteiger partial charge in [0.05, 0.1) is 0 Å². The first kappa shape index (κ1) is 9.88. The minimum Gasteiger partial charge on any atom is -0.450 e. The van der Waals surface area contributed by atoms with Crippen molar-refractivity contribution < 1.29 is 14.3 Å². The van der Waals surface area contributed by atoms with Crippen molar-refractivity contribution in [2.45, 2.75) is 26.9 Å². The van der Waals surface area contributed by atoms with Crippen molar-refractivity contribution in [2.24, 2.45) is 0 Å². The number of esters is 1. The molecule has 0 radical (unpaired) electrons. The molecule has 0 N–H and O–H groups in total. The molecule has 1 unspecified atom stereocenters. The highest BCUT2D eigenvalue weighted by atomic mass is 16.5. The summed E-state index contributed by atoms with van der Waals surface area (Å²) in [6.45, 7) is 4.42. The molecule has 11 heavy (non-hydrogen) atoms. The predicted octanol–water partition coefficient (Wildman–Crippen LogP) is 1.08. The number of rotatable bonds is 3. The van der Waals surface area contributed by atoms with Crippen molar-refractivity contribution in [3.8, 4) is 0 Å². The van der Waals surface area contributed by atoms with E-state index >= 15 is 0 Å². The fourth-order valence-electron chi connectivity index (χ4n) is 0.611. The summed E-state index contributed by atoms with van der Waals surface area (Å²) in [5.41, 5.74) is 0. The third-order valence-corrected chi connectivity index (χ3v) is 1.06. The molecule has 0 saturated heterocycles. The molecular weight excluding hydrogens is 144 g/mol. The third kappa shape index (κ3) is 4.31. The molecule has 3 nitrogen and oxygen atoms in total. The van der Waals surface area contributed by atoms with Crippen LogP contribution in [0.15, 0.2) is 12.2 Å². The van der Waals surface area contributed by atoms with Crippen LogP contribution in [-0.2, 0) is 14.3 Å². The first-order valence-electron chi connectivity index (χ1n) is 3.38. The second-order valence-electron chi connectivity index (χ2n) is 2.17. The molecule has 0 fully saturated rings. The largest absolute Gasteiger partial charge is 0.450 e. The Kier molecular flexibility index (Phi) is 4.18. The average molecular weight is 156 g/mol. The lowest BCUT2D eigenvalue weighted by Crippen LogP contribution is -2.21. The maximum absolute atomic E-state index is 10.7. The Labute approximate surface area is 66.0 Å². The molecule has 0 bridgehead atoms. The van der Waals surface area contributed by atoms with Crippen molar-refractivity contribution in [3.05, 3.63) is 12.2 Å². The number of Topliss-reactive ketones (excluding diaryl/α,β-unsaturated/α-hetero) is 1. The van der Waals surface area contributed by atoms with Gasteiger partial charge >= 0.3 is 5.97 Å². The van der Waals surface area contributed by atoms with Crippen molar-refractivity contribution in [1.29, 1.82) is 0 Å². The zero-order chi connectivity index (χ0) is 8.85. The van der Waals surface area contributed by atoms with E-state index in [0.29, 0.717) is 0 Å². The monoisotopic (exact) mass is 156 g/mol. The van der Waals surface area contributed by atoms with Crippen LogP contribution in [0.4, 0.5) is 0 Å². The SMILES string of the molecule is CC=CC(OC(C)=O)C(C)=O. The second kappa shape index (κ2) is 4.66. The summed E-state index contributed by atoms with van der Waals surface area (Å²) in [6, 6.07) is 0. The molecule has 1 atom stereocenters. The number of ether oxygens (including phenoxy) is 1. The summed E-state index contributed by atoms with van der Waals surface area (Å²) >= 11 is 0. The Hall–Kier alpha value is -1.12. The molecule has 0 aromatic carbocycles. The van der Waals surface area contributed by atoms with Crippen LogP contribution in [0, 0.1) is 0 Å². The van der Waals surface area contributed by atoms with Crippen LogP contribution in [-0.4, -0.2) is 17.9 Å². The highest BCUT2D eigenvalue weighted by Gasteiger charge is 2.12. The molecule has 62 valence electrons. The quantitative estimate of drug-likeness (QED) is 0.453. The van der Waals surface area contributed by atoms with Gasteiger partial charge in [0, 0.05) is 6.92 Å². The molecule has 0 rings (SSSR count). The van der Waals surface area contributed by atoms with Gasteiger partial charge in [-0.3, -0.25) is 9.59 Å². The average Bonchev–Trinajstić information content (AvgIpc) is 1.86. The number of allylic oxidation sites excluding steroid dienone is 1. The molecular formula is C8H12O3. The molecule has 0 aromatic heterocycles. The van der Waals surface area contributed by atoms with Gasteiger partial charge in [-0.05, 0) is 19.9 Å². The molecule has 0 amide bonds. The smallest absolute Gasteiger partial charge is 0.303 e. The predicted molar refractivity (Wildman–Crippen MR) is 41.0 cm³/mol. The van der Waals surface area contributed by atoms with Gasteiger partial charge in [-0.1, -0.05) is 6.08 Å². The van der Waals surface area contributed by atoms with Gasteiger partial charge in [-0.25, -0.2) is 0 Å². The highest BCUT2D eigenvalue weighted by molar-refractivity contribution is 5.84. The molecule has 0 aliphatic carbocycles. The summed E-state index contributed by atoms with van der Waals surface area (Å²) in [5, 5.41) is 0. The zero-order valence-electron chi connectivity index (χ0n) is 6.96. The highest BCUT2D eigenvalue weighted by Crippen LogP contribution is 1.96. The van der Waals surface area contributed by atoms with E-state index in [-0.39, 0.29) is 5.78 Å². The van der Waals surface area contributed by atoms with Crippen LogP contribution in [0.1, 0.15) is 20.8 Å². The number of carbonyl (C=O) groups excluding carboxylic acids is 2. The van der Waals surface area contributed by atoms with Crippen LogP contribution in [0.25, 0.3) is 0 Å². The number of carbonyl (C=O) groups is 2. The maximum atomic E-state index is 10.7. The second-order valence-corrected chi connectivity index (χ2v) is 2.17. The maximum Gasteiger partial charge on any atom is 0.303 e. The van der Waals surface area contributed by atoms with Gasteiger partial charge in [-0.15, -0.1) is 0 Å². The molecule has 0 saturated carbocycles. The summed E-state index contributed by atoms with van der Waals surface area (Å²) in [6.07, 6.45) is 2.51. The molecule has 0 aromatic rings. The lowest BCUT2D eigenvalue weighted by molar-refractivity contribution is -0.149. The summed E-state index contributed by atoms with van der Waals surface area (Å²) in [4.78, 5) is 21.2. The fourth-order valence-corrected chi connectivity index (χ4v) is 0.611. The molecule has 3 heteroatoms. The van der Waals surface area contributed by atoms with Crippen LogP contribution in [0.2, 0.25) is 0 Å². The van der Waals surface area contributed by atoms with Gasteiger partial charge in [0.15, 0.2) is 11.9 Å². The van der Waals surface area contributed by atoms with Gasteiger partial charge in [-0.2, -0.15) is 0 Å².